The third kappa shape index (κ3) is 3.78. The van der Waals surface area contributed by atoms with Crippen molar-refractivity contribution in [2.75, 3.05) is 5.32 Å². The molecule has 1 heterocycles. The lowest BCUT2D eigenvalue weighted by Gasteiger charge is -2.27. The Hall–Kier alpha value is -2.73. The summed E-state index contributed by atoms with van der Waals surface area (Å²) < 4.78 is 1.16. The lowest BCUT2D eigenvalue weighted by atomic mass is 9.78. The quantitative estimate of drug-likeness (QED) is 0.645. The summed E-state index contributed by atoms with van der Waals surface area (Å²) in [6.07, 6.45) is 2.98. The van der Waals surface area contributed by atoms with Gasteiger partial charge in [0.1, 0.15) is 5.01 Å². The highest BCUT2D eigenvalue weighted by Crippen LogP contribution is 2.33. The second-order valence-corrected chi connectivity index (χ2v) is 8.42. The summed E-state index contributed by atoms with van der Waals surface area (Å²) in [5.41, 5.74) is 3.88. The van der Waals surface area contributed by atoms with E-state index in [4.69, 9.17) is 0 Å². The first kappa shape index (κ1) is 18.6. The molecule has 0 spiro atoms. The Labute approximate surface area is 167 Å². The molecule has 1 fully saturated rings. The Morgan fingerprint density at radius 1 is 1.07 bits per heavy atom. The Bertz CT molecular complexity index is 1030. The number of amides is 1. The third-order valence-electron chi connectivity index (χ3n) is 5.36. The van der Waals surface area contributed by atoms with Crippen LogP contribution in [-0.2, 0) is 9.59 Å². The molecule has 2 N–H and O–H groups in total. The Balaban J connectivity index is 1.49. The summed E-state index contributed by atoms with van der Waals surface area (Å²) in [6.45, 7) is 2.07. The number of anilines is 1. The number of carbonyl (C=O) groups is 2. The Morgan fingerprint density at radius 2 is 1.79 bits per heavy atom. The van der Waals surface area contributed by atoms with Gasteiger partial charge in [-0.15, -0.1) is 11.3 Å². The largest absolute Gasteiger partial charge is 0.481 e. The number of fused-ring (bicyclic) bond motifs is 1. The Kier molecular flexibility index (Phi) is 5.13. The van der Waals surface area contributed by atoms with Crippen molar-refractivity contribution in [1.29, 1.82) is 0 Å². The number of aliphatic carboxylic acids is 1. The predicted octanol–water partition coefficient (Wildman–Crippen LogP) is 5.10. The number of aromatic nitrogens is 1. The van der Waals surface area contributed by atoms with Crippen LogP contribution in [0.3, 0.4) is 0 Å². The fourth-order valence-corrected chi connectivity index (χ4v) is 4.90. The van der Waals surface area contributed by atoms with Crippen molar-refractivity contribution in [3.8, 4) is 10.6 Å². The number of carboxylic acid groups (broad SMARTS) is 1. The molecule has 0 bridgehead atoms. The zero-order valence-electron chi connectivity index (χ0n) is 15.6. The molecule has 1 aliphatic carbocycles. The predicted molar refractivity (Wildman–Crippen MR) is 112 cm³/mol. The fraction of sp³-hybridized carbons (Fsp3) is 0.318. The summed E-state index contributed by atoms with van der Waals surface area (Å²) in [5.74, 6) is -2.12. The monoisotopic (exact) mass is 394 g/mol. The lowest BCUT2D eigenvalue weighted by molar-refractivity contribution is -0.147. The van der Waals surface area contributed by atoms with Gasteiger partial charge in [0, 0.05) is 11.3 Å². The van der Waals surface area contributed by atoms with E-state index in [-0.39, 0.29) is 5.91 Å². The number of thiazole rings is 1. The van der Waals surface area contributed by atoms with Crippen LogP contribution in [0.2, 0.25) is 0 Å². The number of carbonyl (C=O) groups excluding carboxylic acids is 1. The standard InChI is InChI=1S/C22H22N2O3S/c1-13-6-11-18-19(12-13)28-21(24-18)14-7-9-15(10-8-14)23-20(25)16-4-2-3-5-17(16)22(26)27/h6-12,16-17H,2-5H2,1H3,(H,23,25)(H,26,27)/t16-,17+/m1/s1. The van der Waals surface area contributed by atoms with Gasteiger partial charge >= 0.3 is 5.97 Å². The van der Waals surface area contributed by atoms with Crippen LogP contribution in [0.1, 0.15) is 31.2 Å². The molecule has 2 atom stereocenters. The summed E-state index contributed by atoms with van der Waals surface area (Å²) >= 11 is 1.65. The van der Waals surface area contributed by atoms with E-state index >= 15 is 0 Å². The van der Waals surface area contributed by atoms with Crippen molar-refractivity contribution in [2.24, 2.45) is 11.8 Å². The number of hydrogen-bond acceptors (Lipinski definition) is 4. The van der Waals surface area contributed by atoms with E-state index in [0.29, 0.717) is 18.5 Å². The van der Waals surface area contributed by atoms with Crippen LogP contribution in [-0.4, -0.2) is 22.0 Å². The highest BCUT2D eigenvalue weighted by Gasteiger charge is 2.35. The number of nitrogens with zero attached hydrogens (tertiary/aromatic N) is 1. The van der Waals surface area contributed by atoms with Crippen LogP contribution in [0, 0.1) is 18.8 Å². The maximum atomic E-state index is 12.6. The zero-order chi connectivity index (χ0) is 19.7. The van der Waals surface area contributed by atoms with Crippen LogP contribution in [0.5, 0.6) is 0 Å². The zero-order valence-corrected chi connectivity index (χ0v) is 16.5. The van der Waals surface area contributed by atoms with Crippen LogP contribution >= 0.6 is 11.3 Å². The maximum absolute atomic E-state index is 12.6. The van der Waals surface area contributed by atoms with Gasteiger partial charge in [-0.25, -0.2) is 4.98 Å². The van der Waals surface area contributed by atoms with E-state index in [1.807, 2.05) is 30.3 Å². The van der Waals surface area contributed by atoms with Crippen LogP contribution < -0.4 is 5.32 Å². The first-order chi connectivity index (χ1) is 13.5. The van der Waals surface area contributed by atoms with Gasteiger partial charge in [-0.1, -0.05) is 18.9 Å². The molecule has 0 aliphatic heterocycles. The van der Waals surface area contributed by atoms with E-state index in [2.05, 4.69) is 29.4 Å². The molecule has 4 rings (SSSR count). The van der Waals surface area contributed by atoms with Gasteiger partial charge in [-0.2, -0.15) is 0 Å². The van der Waals surface area contributed by atoms with Crippen molar-refractivity contribution < 1.29 is 14.7 Å². The molecular weight excluding hydrogens is 372 g/mol. The van der Waals surface area contributed by atoms with E-state index in [1.165, 1.54) is 5.56 Å². The minimum absolute atomic E-state index is 0.199. The van der Waals surface area contributed by atoms with E-state index in [0.717, 1.165) is 33.6 Å². The molecule has 0 radical (unpaired) electrons. The molecule has 0 saturated heterocycles. The number of aryl methyl sites for hydroxylation is 1. The fourth-order valence-electron chi connectivity index (χ4n) is 3.83. The van der Waals surface area contributed by atoms with Gasteiger partial charge in [-0.3, -0.25) is 9.59 Å². The van der Waals surface area contributed by atoms with Gasteiger partial charge < -0.3 is 10.4 Å². The number of benzene rings is 2. The summed E-state index contributed by atoms with van der Waals surface area (Å²) in [4.78, 5) is 28.7. The molecule has 1 aliphatic rings. The third-order valence-corrected chi connectivity index (χ3v) is 6.43. The van der Waals surface area contributed by atoms with Gasteiger partial charge in [0.05, 0.1) is 22.1 Å². The highest BCUT2D eigenvalue weighted by atomic mass is 32.1. The maximum Gasteiger partial charge on any atom is 0.307 e. The molecule has 144 valence electrons. The molecule has 5 nitrogen and oxygen atoms in total. The molecular formula is C22H22N2O3S. The van der Waals surface area contributed by atoms with Crippen molar-refractivity contribution >= 4 is 39.1 Å². The summed E-state index contributed by atoms with van der Waals surface area (Å²) in [7, 11) is 0. The molecule has 28 heavy (non-hydrogen) atoms. The van der Waals surface area contributed by atoms with Crippen LogP contribution in [0.4, 0.5) is 5.69 Å². The second kappa shape index (κ2) is 7.72. The molecule has 2 aromatic carbocycles. The van der Waals surface area contributed by atoms with Crippen LogP contribution in [0.25, 0.3) is 20.8 Å². The van der Waals surface area contributed by atoms with Gasteiger partial charge in [0.25, 0.3) is 0 Å². The minimum Gasteiger partial charge on any atom is -0.481 e. The molecule has 3 aromatic rings. The van der Waals surface area contributed by atoms with Gasteiger partial charge in [0.2, 0.25) is 5.91 Å². The number of nitrogens with one attached hydrogen (secondary N) is 1. The number of carboxylic acids is 1. The van der Waals surface area contributed by atoms with Gasteiger partial charge in [-0.05, 0) is 61.7 Å². The number of hydrogen-bond donors (Lipinski definition) is 2. The summed E-state index contributed by atoms with van der Waals surface area (Å²) in [5, 5.41) is 13.2. The molecule has 1 amide bonds. The number of rotatable bonds is 4. The molecule has 1 saturated carbocycles. The summed E-state index contributed by atoms with van der Waals surface area (Å²) in [6, 6.07) is 13.8. The van der Waals surface area contributed by atoms with E-state index in [9.17, 15) is 14.7 Å². The van der Waals surface area contributed by atoms with Gasteiger partial charge in [0.15, 0.2) is 0 Å². The molecule has 6 heteroatoms. The normalized spacial score (nSPS) is 19.5. The first-order valence-electron chi connectivity index (χ1n) is 9.52. The Morgan fingerprint density at radius 3 is 2.50 bits per heavy atom. The second-order valence-electron chi connectivity index (χ2n) is 7.39. The van der Waals surface area contributed by atoms with Crippen molar-refractivity contribution in [2.45, 2.75) is 32.6 Å². The first-order valence-corrected chi connectivity index (χ1v) is 10.3. The van der Waals surface area contributed by atoms with E-state index in [1.54, 1.807) is 11.3 Å². The van der Waals surface area contributed by atoms with Crippen molar-refractivity contribution in [3.63, 3.8) is 0 Å². The highest BCUT2D eigenvalue weighted by molar-refractivity contribution is 7.21. The van der Waals surface area contributed by atoms with Crippen molar-refractivity contribution in [3.05, 3.63) is 48.0 Å². The van der Waals surface area contributed by atoms with Crippen LogP contribution in [0.15, 0.2) is 42.5 Å². The molecule has 0 unspecified atom stereocenters. The lowest BCUT2D eigenvalue weighted by Crippen LogP contribution is -2.36. The van der Waals surface area contributed by atoms with Crippen molar-refractivity contribution in [1.82, 2.24) is 4.98 Å². The SMILES string of the molecule is Cc1ccc2nc(-c3ccc(NC(=O)[C@@H]4CCCC[C@@H]4C(=O)O)cc3)sc2c1. The average molecular weight is 394 g/mol. The molecule has 1 aromatic heterocycles. The smallest absolute Gasteiger partial charge is 0.307 e. The average Bonchev–Trinajstić information content (AvgIpc) is 3.11. The minimum atomic E-state index is -0.874. The topological polar surface area (TPSA) is 79.3 Å². The van der Waals surface area contributed by atoms with E-state index < -0.39 is 17.8 Å².